The highest BCUT2D eigenvalue weighted by Gasteiger charge is 2.11. The second-order valence-corrected chi connectivity index (χ2v) is 6.79. The van der Waals surface area contributed by atoms with Gasteiger partial charge in [-0.15, -0.1) is 0 Å². The number of allylic oxidation sites excluding steroid dienone is 1. The van der Waals surface area contributed by atoms with Crippen LogP contribution in [0.15, 0.2) is 59.0 Å². The largest absolute Gasteiger partial charge is 0.508 e. The third kappa shape index (κ3) is 5.07. The molecule has 0 aliphatic rings. The molecule has 0 bridgehead atoms. The van der Waals surface area contributed by atoms with E-state index in [2.05, 4.69) is 0 Å². The summed E-state index contributed by atoms with van der Waals surface area (Å²) in [5.74, 6) is 1.25. The predicted molar refractivity (Wildman–Crippen MR) is 106 cm³/mol. The average molecular weight is 424 g/mol. The fourth-order valence-corrected chi connectivity index (χ4v) is 3.18. The molecule has 1 heterocycles. The third-order valence-electron chi connectivity index (χ3n) is 3.56. The van der Waals surface area contributed by atoms with Gasteiger partial charge in [-0.3, -0.25) is 4.79 Å². The quantitative estimate of drug-likeness (QED) is 0.367. The Morgan fingerprint density at radius 1 is 1.04 bits per heavy atom. The minimum atomic E-state index is -0.205. The van der Waals surface area contributed by atoms with Crippen molar-refractivity contribution in [1.29, 1.82) is 0 Å². The first-order valence-corrected chi connectivity index (χ1v) is 8.93. The van der Waals surface area contributed by atoms with E-state index >= 15 is 0 Å². The van der Waals surface area contributed by atoms with Gasteiger partial charge in [0.15, 0.2) is 11.5 Å². The van der Waals surface area contributed by atoms with Crippen molar-refractivity contribution in [3.8, 4) is 11.5 Å². The lowest BCUT2D eigenvalue weighted by molar-refractivity contribution is 0.104. The summed E-state index contributed by atoms with van der Waals surface area (Å²) in [5, 5.41) is 10.3. The monoisotopic (exact) mass is 422 g/mol. The first-order chi connectivity index (χ1) is 12.9. The zero-order valence-electron chi connectivity index (χ0n) is 13.8. The molecule has 0 amide bonds. The van der Waals surface area contributed by atoms with Crippen molar-refractivity contribution >= 4 is 46.7 Å². The predicted octanol–water partition coefficient (Wildman–Crippen LogP) is 6.42. The number of hydrogen-bond acceptors (Lipinski definition) is 4. The van der Waals surface area contributed by atoms with Crippen LogP contribution in [0.4, 0.5) is 0 Å². The topological polar surface area (TPSA) is 59.7 Å². The van der Waals surface area contributed by atoms with Crippen molar-refractivity contribution in [1.82, 2.24) is 0 Å². The molecule has 138 valence electrons. The number of rotatable bonds is 6. The maximum absolute atomic E-state index is 12.1. The summed E-state index contributed by atoms with van der Waals surface area (Å²) in [5.41, 5.74) is 0.464. The molecule has 0 radical (unpaired) electrons. The van der Waals surface area contributed by atoms with Crippen LogP contribution < -0.4 is 4.74 Å². The minimum Gasteiger partial charge on any atom is -0.508 e. The van der Waals surface area contributed by atoms with Gasteiger partial charge in [-0.1, -0.05) is 34.8 Å². The normalized spacial score (nSPS) is 11.1. The van der Waals surface area contributed by atoms with Gasteiger partial charge < -0.3 is 14.3 Å². The molecule has 0 fully saturated rings. The molecule has 0 spiro atoms. The Bertz CT molecular complexity index is 968. The summed E-state index contributed by atoms with van der Waals surface area (Å²) in [6.45, 7) is 0.112. The third-order valence-corrected chi connectivity index (χ3v) is 4.33. The van der Waals surface area contributed by atoms with Crippen LogP contribution in [-0.4, -0.2) is 10.9 Å². The smallest absolute Gasteiger partial charge is 0.185 e. The highest BCUT2D eigenvalue weighted by molar-refractivity contribution is 6.40. The van der Waals surface area contributed by atoms with Gasteiger partial charge in [0.1, 0.15) is 23.9 Å². The fraction of sp³-hybridized carbons (Fsp3) is 0.0500. The maximum Gasteiger partial charge on any atom is 0.185 e. The number of ether oxygens (including phenoxy) is 1. The second kappa shape index (κ2) is 8.53. The van der Waals surface area contributed by atoms with E-state index in [1.807, 2.05) is 0 Å². The maximum atomic E-state index is 12.1. The van der Waals surface area contributed by atoms with E-state index in [4.69, 9.17) is 44.0 Å². The Morgan fingerprint density at radius 3 is 2.37 bits per heavy atom. The number of aromatic hydroxyl groups is 1. The minimum absolute atomic E-state index is 0.104. The number of carbonyl (C=O) groups is 1. The van der Waals surface area contributed by atoms with E-state index in [-0.39, 0.29) is 18.1 Å². The molecule has 4 nitrogen and oxygen atoms in total. The van der Waals surface area contributed by atoms with Gasteiger partial charge >= 0.3 is 0 Å². The molecule has 7 heteroatoms. The number of benzene rings is 2. The lowest BCUT2D eigenvalue weighted by Crippen LogP contribution is -1.95. The second-order valence-electron chi connectivity index (χ2n) is 5.54. The summed E-state index contributed by atoms with van der Waals surface area (Å²) in [7, 11) is 0. The van der Waals surface area contributed by atoms with Gasteiger partial charge in [0.25, 0.3) is 0 Å². The van der Waals surface area contributed by atoms with E-state index in [0.29, 0.717) is 37.9 Å². The number of hydrogen-bond donors (Lipinski definition) is 1. The summed E-state index contributed by atoms with van der Waals surface area (Å²) in [6.07, 6.45) is 2.95. The summed E-state index contributed by atoms with van der Waals surface area (Å²) < 4.78 is 11.2. The zero-order valence-corrected chi connectivity index (χ0v) is 16.1. The molecule has 1 N–H and O–H groups in total. The van der Waals surface area contributed by atoms with E-state index in [1.165, 1.54) is 30.3 Å². The van der Waals surface area contributed by atoms with Crippen LogP contribution in [0.25, 0.3) is 6.08 Å². The summed E-state index contributed by atoms with van der Waals surface area (Å²) in [4.78, 5) is 12.1. The van der Waals surface area contributed by atoms with Gasteiger partial charge in [0.05, 0.1) is 10.0 Å². The van der Waals surface area contributed by atoms with Crippen LogP contribution >= 0.6 is 34.8 Å². The van der Waals surface area contributed by atoms with Crippen molar-refractivity contribution in [2.45, 2.75) is 6.61 Å². The molecule has 1 aromatic heterocycles. The van der Waals surface area contributed by atoms with Crippen LogP contribution in [-0.2, 0) is 6.61 Å². The van der Waals surface area contributed by atoms with Crippen LogP contribution in [0.5, 0.6) is 11.5 Å². The highest BCUT2D eigenvalue weighted by atomic mass is 35.5. The number of phenols is 1. The summed E-state index contributed by atoms with van der Waals surface area (Å²) in [6, 6.07) is 12.5. The lowest BCUT2D eigenvalue weighted by atomic mass is 10.1. The Labute approximate surface area is 170 Å². The molecule has 0 saturated heterocycles. The van der Waals surface area contributed by atoms with E-state index < -0.39 is 0 Å². The molecule has 0 unspecified atom stereocenters. The van der Waals surface area contributed by atoms with Crippen molar-refractivity contribution in [2.75, 3.05) is 0 Å². The lowest BCUT2D eigenvalue weighted by Gasteiger charge is -2.08. The highest BCUT2D eigenvalue weighted by Crippen LogP contribution is 2.36. The number of furan rings is 1. The Balaban J connectivity index is 1.63. The average Bonchev–Trinajstić information content (AvgIpc) is 3.07. The molecule has 0 aliphatic heterocycles. The van der Waals surface area contributed by atoms with E-state index in [9.17, 15) is 9.90 Å². The van der Waals surface area contributed by atoms with Gasteiger partial charge in [0, 0.05) is 10.6 Å². The number of phenolic OH excluding ortho intramolecular Hbond substituents is 1. The first kappa shape index (κ1) is 19.4. The van der Waals surface area contributed by atoms with Gasteiger partial charge in [-0.2, -0.15) is 0 Å². The van der Waals surface area contributed by atoms with Crippen molar-refractivity contribution < 1.29 is 19.1 Å². The molecule has 0 saturated carbocycles. The Kier molecular flexibility index (Phi) is 6.11. The standard InChI is InChI=1S/C20H13Cl3O4/c21-13-9-17(22)20(18(23)10-13)26-11-16-6-5-15(27-16)7-8-19(25)12-1-3-14(24)4-2-12/h1-10,24H,11H2/b8-7+. The van der Waals surface area contributed by atoms with Gasteiger partial charge in [-0.05, 0) is 60.7 Å². The molecule has 27 heavy (non-hydrogen) atoms. The van der Waals surface area contributed by atoms with Gasteiger partial charge in [0.2, 0.25) is 0 Å². The SMILES string of the molecule is O=C(/C=C/c1ccc(COc2c(Cl)cc(Cl)cc2Cl)o1)c1ccc(O)cc1. The van der Waals surface area contributed by atoms with Crippen molar-refractivity contribution in [2.24, 2.45) is 0 Å². The van der Waals surface area contributed by atoms with E-state index in [0.717, 1.165) is 0 Å². The Hall–Kier alpha value is -2.40. The molecule has 0 atom stereocenters. The Morgan fingerprint density at radius 2 is 1.70 bits per heavy atom. The van der Waals surface area contributed by atoms with Crippen LogP contribution in [0, 0.1) is 0 Å². The molecular weight excluding hydrogens is 411 g/mol. The first-order valence-electron chi connectivity index (χ1n) is 7.80. The molecule has 3 aromatic rings. The van der Waals surface area contributed by atoms with Crippen molar-refractivity contribution in [3.05, 3.63) is 86.8 Å². The zero-order chi connectivity index (χ0) is 19.4. The molecule has 3 rings (SSSR count). The molecule has 2 aromatic carbocycles. The van der Waals surface area contributed by atoms with Crippen molar-refractivity contribution in [3.63, 3.8) is 0 Å². The van der Waals surface area contributed by atoms with Crippen LogP contribution in [0.1, 0.15) is 21.9 Å². The number of carbonyl (C=O) groups excluding carboxylic acids is 1. The number of ketones is 1. The van der Waals surface area contributed by atoms with Gasteiger partial charge in [-0.25, -0.2) is 0 Å². The van der Waals surface area contributed by atoms with Crippen LogP contribution in [0.3, 0.4) is 0 Å². The fourth-order valence-electron chi connectivity index (χ4n) is 2.25. The molecular formula is C20H13Cl3O4. The van der Waals surface area contributed by atoms with E-state index in [1.54, 1.807) is 30.3 Å². The molecule has 0 aliphatic carbocycles. The van der Waals surface area contributed by atoms with Crippen LogP contribution in [0.2, 0.25) is 15.1 Å². The number of halogens is 3. The summed E-state index contributed by atoms with van der Waals surface area (Å²) >= 11 is 18.0.